The van der Waals surface area contributed by atoms with E-state index in [9.17, 15) is 14.4 Å². The molecule has 8 rings (SSSR count). The number of benzene rings is 2. The van der Waals surface area contributed by atoms with Crippen LogP contribution in [-0.2, 0) is 9.59 Å². The Kier molecular flexibility index (Phi) is 12.3. The van der Waals surface area contributed by atoms with E-state index < -0.39 is 0 Å². The number of fused-ring (bicyclic) bond motifs is 2. The molecule has 6 heterocycles. The normalized spacial score (nSPS) is 21.3. The molecule has 0 radical (unpaired) electrons. The number of nitrogens with zero attached hydrogens (tertiary/aromatic N) is 7. The van der Waals surface area contributed by atoms with Crippen LogP contribution < -0.4 is 25.8 Å². The van der Waals surface area contributed by atoms with Gasteiger partial charge in [0.1, 0.15) is 17.5 Å². The Morgan fingerprint density at radius 2 is 1.80 bits per heavy atom. The maximum absolute atomic E-state index is 12.3. The number of aryl methyl sites for hydroxylation is 2. The summed E-state index contributed by atoms with van der Waals surface area (Å²) in [5.74, 6) is 1.73. The average molecular weight is 785 g/mol. The van der Waals surface area contributed by atoms with Gasteiger partial charge in [-0.2, -0.15) is 0 Å². The van der Waals surface area contributed by atoms with Gasteiger partial charge in [-0.05, 0) is 75.5 Å². The number of halogens is 1. The number of aldehydes is 1. The van der Waals surface area contributed by atoms with Crippen LogP contribution in [0.5, 0.6) is 0 Å². The van der Waals surface area contributed by atoms with Gasteiger partial charge in [0.05, 0.1) is 27.7 Å². The largest absolute Gasteiger partial charge is 0.387 e. The van der Waals surface area contributed by atoms with Crippen molar-refractivity contribution in [3.63, 3.8) is 0 Å². The predicted octanol–water partition coefficient (Wildman–Crippen LogP) is 5.48. The molecule has 290 valence electrons. The van der Waals surface area contributed by atoms with E-state index in [-0.39, 0.29) is 17.7 Å². The number of imide groups is 1. The zero-order valence-corrected chi connectivity index (χ0v) is 33.2. The van der Waals surface area contributed by atoms with Crippen molar-refractivity contribution in [2.45, 2.75) is 57.5 Å². The third-order valence-electron chi connectivity index (χ3n) is 11.0. The molecule has 3 atom stereocenters. The molecule has 15 heteroatoms. The van der Waals surface area contributed by atoms with Gasteiger partial charge in [-0.15, -0.1) is 0 Å². The Morgan fingerprint density at radius 3 is 2.45 bits per heavy atom. The highest BCUT2D eigenvalue weighted by Crippen LogP contribution is 2.36. The van der Waals surface area contributed by atoms with Crippen molar-refractivity contribution in [3.05, 3.63) is 81.6 Å². The molecule has 55 heavy (non-hydrogen) atoms. The van der Waals surface area contributed by atoms with Crippen LogP contribution >= 0.6 is 22.9 Å². The van der Waals surface area contributed by atoms with E-state index in [1.807, 2.05) is 45.2 Å². The lowest BCUT2D eigenvalue weighted by Crippen LogP contribution is -2.49. The van der Waals surface area contributed by atoms with Crippen LogP contribution in [-0.4, -0.2) is 114 Å². The number of aromatic nitrogens is 3. The molecule has 4 aliphatic heterocycles. The number of hydrogen-bond acceptors (Lipinski definition) is 13. The lowest BCUT2D eigenvalue weighted by atomic mass is 9.90. The van der Waals surface area contributed by atoms with Gasteiger partial charge in [-0.3, -0.25) is 29.5 Å². The fourth-order valence-corrected chi connectivity index (χ4v) is 9.14. The Balaban J connectivity index is 0.000000406. The van der Waals surface area contributed by atoms with E-state index in [0.29, 0.717) is 46.6 Å². The third-order valence-corrected chi connectivity index (χ3v) is 12.2. The molecule has 3 N–H and O–H groups in total. The smallest absolute Gasteiger partial charge is 0.234 e. The number of para-hydroxylation sites is 1. The second-order valence-corrected chi connectivity index (χ2v) is 16.1. The predicted molar refractivity (Wildman–Crippen MR) is 219 cm³/mol. The number of amides is 2. The first kappa shape index (κ1) is 38.6. The maximum atomic E-state index is 12.3. The van der Waals surface area contributed by atoms with E-state index in [1.54, 1.807) is 6.20 Å². The van der Waals surface area contributed by atoms with Crippen LogP contribution in [0, 0.1) is 13.8 Å². The van der Waals surface area contributed by atoms with Crippen LogP contribution in [0.3, 0.4) is 0 Å². The van der Waals surface area contributed by atoms with Crippen LogP contribution in [0.2, 0.25) is 5.02 Å². The Labute approximate surface area is 331 Å². The van der Waals surface area contributed by atoms with Gasteiger partial charge >= 0.3 is 0 Å². The number of rotatable bonds is 11. The number of carbonyl (C=O) groups is 3. The number of anilines is 5. The first-order chi connectivity index (χ1) is 26.7. The highest BCUT2D eigenvalue weighted by atomic mass is 35.5. The molecule has 2 aromatic heterocycles. The van der Waals surface area contributed by atoms with E-state index in [0.717, 1.165) is 80.7 Å². The standard InChI is InChI=1S/C32H39N9O3S.C8H10ClN/c1-21-34-28(36-32-33-17-26(20-42)45-32)16-29(35-21)39-13-11-38(12-14-39)9-2-10-40-18-25-15-24(40)19-41(25)23-5-3-22(4-6-23)27-7-8-30(43)37-31(27)44;1-6-4-3-5-7(9)8(6)10-2/h3-6,16-17,20,24-25,27H,2,7-15,18-19H2,1H3,(H,37,43,44)(H,33,34,35,36);3-5,10H,1-2H3. The molecule has 4 fully saturated rings. The summed E-state index contributed by atoms with van der Waals surface area (Å²) in [5, 5.41) is 10.1. The average Bonchev–Trinajstić information content (AvgIpc) is 3.92. The topological polar surface area (TPSA) is 139 Å². The highest BCUT2D eigenvalue weighted by molar-refractivity contribution is 7.17. The zero-order valence-electron chi connectivity index (χ0n) is 31.6. The molecule has 0 aliphatic carbocycles. The second-order valence-electron chi connectivity index (χ2n) is 14.6. The van der Waals surface area contributed by atoms with Crippen molar-refractivity contribution >= 4 is 69.2 Å². The molecular weight excluding hydrogens is 736 g/mol. The highest BCUT2D eigenvalue weighted by Gasteiger charge is 2.43. The Hall–Kier alpha value is -4.63. The van der Waals surface area contributed by atoms with Crippen LogP contribution in [0.25, 0.3) is 0 Å². The summed E-state index contributed by atoms with van der Waals surface area (Å²) in [5.41, 5.74) is 4.42. The monoisotopic (exact) mass is 784 g/mol. The quantitative estimate of drug-likeness (QED) is 0.131. The molecule has 0 spiro atoms. The summed E-state index contributed by atoms with van der Waals surface area (Å²) in [6.07, 6.45) is 5.73. The molecule has 2 amide bonds. The molecule has 13 nitrogen and oxygen atoms in total. The van der Waals surface area contributed by atoms with E-state index >= 15 is 0 Å². The van der Waals surface area contributed by atoms with Crippen molar-refractivity contribution in [3.8, 4) is 0 Å². The molecule has 4 aromatic rings. The zero-order chi connectivity index (χ0) is 38.5. The minimum Gasteiger partial charge on any atom is -0.387 e. The summed E-state index contributed by atoms with van der Waals surface area (Å²) in [7, 11) is 1.87. The lowest BCUT2D eigenvalue weighted by Gasteiger charge is -2.37. The van der Waals surface area contributed by atoms with Gasteiger partial charge in [0.2, 0.25) is 11.8 Å². The van der Waals surface area contributed by atoms with Gasteiger partial charge in [0.15, 0.2) is 11.4 Å². The number of thiazole rings is 1. The maximum Gasteiger partial charge on any atom is 0.234 e. The van der Waals surface area contributed by atoms with Crippen molar-refractivity contribution in [1.29, 1.82) is 0 Å². The van der Waals surface area contributed by atoms with E-state index in [4.69, 9.17) is 11.6 Å². The third kappa shape index (κ3) is 9.26. The van der Waals surface area contributed by atoms with Gasteiger partial charge in [0, 0.05) is 76.6 Å². The summed E-state index contributed by atoms with van der Waals surface area (Å²) >= 11 is 7.17. The van der Waals surface area contributed by atoms with Crippen LogP contribution in [0.15, 0.2) is 54.7 Å². The van der Waals surface area contributed by atoms with Crippen molar-refractivity contribution in [1.82, 2.24) is 30.1 Å². The van der Waals surface area contributed by atoms with Gasteiger partial charge in [0.25, 0.3) is 0 Å². The molecule has 3 unspecified atom stereocenters. The SMILES string of the molecule is CNc1c(C)cccc1Cl.Cc1nc(Nc2ncc(C=O)s2)cc(N2CCN(CCCN3CC4CC3CN4c3ccc(C4CCC(=O)NC4=O)cc3)CC2)n1. The number of likely N-dealkylation sites (tertiary alicyclic amines) is 1. The molecular formula is C40H49ClN10O3S. The minimum absolute atomic E-state index is 0.171. The molecule has 2 aromatic carbocycles. The summed E-state index contributed by atoms with van der Waals surface area (Å²) in [4.78, 5) is 58.8. The first-order valence-electron chi connectivity index (χ1n) is 19.1. The molecule has 4 aliphatic rings. The Morgan fingerprint density at radius 1 is 1.00 bits per heavy atom. The first-order valence-corrected chi connectivity index (χ1v) is 20.2. The van der Waals surface area contributed by atoms with Crippen LogP contribution in [0.1, 0.15) is 58.2 Å². The van der Waals surface area contributed by atoms with Gasteiger partial charge in [-0.25, -0.2) is 15.0 Å². The minimum atomic E-state index is -0.231. The summed E-state index contributed by atoms with van der Waals surface area (Å²) in [6, 6.07) is 17.4. The number of carbonyl (C=O) groups excluding carboxylic acids is 3. The summed E-state index contributed by atoms with van der Waals surface area (Å²) in [6.45, 7) is 12.2. The summed E-state index contributed by atoms with van der Waals surface area (Å²) < 4.78 is 0. The molecule has 2 bridgehead atoms. The lowest BCUT2D eigenvalue weighted by molar-refractivity contribution is -0.134. The number of piperidine rings is 1. The van der Waals surface area contributed by atoms with Gasteiger partial charge < -0.3 is 20.4 Å². The van der Waals surface area contributed by atoms with Crippen molar-refractivity contribution in [2.24, 2.45) is 0 Å². The fourth-order valence-electron chi connectivity index (χ4n) is 8.18. The number of piperazine rings is 2. The van der Waals surface area contributed by atoms with E-state index in [1.165, 1.54) is 35.4 Å². The van der Waals surface area contributed by atoms with Crippen LogP contribution in [0.4, 0.5) is 28.1 Å². The van der Waals surface area contributed by atoms with Crippen molar-refractivity contribution in [2.75, 3.05) is 79.8 Å². The van der Waals surface area contributed by atoms with E-state index in [2.05, 4.69) is 74.8 Å². The fraction of sp³-hybridized carbons (Fsp3) is 0.450. The number of nitrogens with one attached hydrogen (secondary N) is 3. The molecule has 0 saturated carbocycles. The molecule has 4 saturated heterocycles. The van der Waals surface area contributed by atoms with Crippen molar-refractivity contribution < 1.29 is 14.4 Å². The number of hydrogen-bond donors (Lipinski definition) is 3. The Bertz CT molecular complexity index is 1970. The van der Waals surface area contributed by atoms with Gasteiger partial charge in [-0.1, -0.05) is 47.2 Å². The second kappa shape index (κ2) is 17.4.